The van der Waals surface area contributed by atoms with Crippen LogP contribution in [0.4, 0.5) is 0 Å². The molecule has 1 fully saturated rings. The third-order valence-corrected chi connectivity index (χ3v) is 3.73. The van der Waals surface area contributed by atoms with Gasteiger partial charge in [-0.15, -0.1) is 0 Å². The van der Waals surface area contributed by atoms with Gasteiger partial charge >= 0.3 is 0 Å². The molecule has 0 amide bonds. The normalized spacial score (nSPS) is 28.9. The maximum Gasteiger partial charge on any atom is 0.132 e. The van der Waals surface area contributed by atoms with Crippen LogP contribution in [0.5, 0.6) is 0 Å². The molecule has 2 rings (SSSR count). The van der Waals surface area contributed by atoms with Crippen LogP contribution in [0.2, 0.25) is 0 Å². The van der Waals surface area contributed by atoms with Crippen LogP contribution in [-0.4, -0.2) is 5.11 Å². The Hall–Kier alpha value is -0.760. The van der Waals surface area contributed by atoms with E-state index >= 15 is 0 Å². The number of hydrogen-bond acceptors (Lipinski definition) is 2. The topological polar surface area (TPSA) is 33.4 Å². The Labute approximate surface area is 91.3 Å². The Morgan fingerprint density at radius 1 is 1.47 bits per heavy atom. The van der Waals surface area contributed by atoms with E-state index in [-0.39, 0.29) is 0 Å². The summed E-state index contributed by atoms with van der Waals surface area (Å²) in [5, 5.41) is 10.2. The van der Waals surface area contributed by atoms with E-state index in [0.29, 0.717) is 11.8 Å². The number of aliphatic hydroxyl groups excluding tert-OH is 1. The molecule has 1 N–H and O–H groups in total. The van der Waals surface area contributed by atoms with Gasteiger partial charge in [-0.25, -0.2) is 0 Å². The van der Waals surface area contributed by atoms with Crippen molar-refractivity contribution in [1.29, 1.82) is 0 Å². The zero-order chi connectivity index (χ0) is 10.7. The van der Waals surface area contributed by atoms with Crippen molar-refractivity contribution in [2.24, 2.45) is 11.8 Å². The first-order chi connectivity index (χ1) is 7.33. The lowest BCUT2D eigenvalue weighted by Crippen LogP contribution is -2.25. The van der Waals surface area contributed by atoms with Crippen molar-refractivity contribution < 1.29 is 9.52 Å². The van der Waals surface area contributed by atoms with Gasteiger partial charge in [0.2, 0.25) is 0 Å². The molecule has 1 saturated carbocycles. The van der Waals surface area contributed by atoms with Gasteiger partial charge in [0.1, 0.15) is 11.9 Å². The van der Waals surface area contributed by atoms with E-state index in [2.05, 4.69) is 6.92 Å². The summed E-state index contributed by atoms with van der Waals surface area (Å²) in [4.78, 5) is 0. The maximum absolute atomic E-state index is 10.2. The molecule has 0 radical (unpaired) electrons. The number of rotatable bonds is 3. The minimum atomic E-state index is -0.398. The van der Waals surface area contributed by atoms with E-state index in [4.69, 9.17) is 4.42 Å². The zero-order valence-electron chi connectivity index (χ0n) is 9.36. The van der Waals surface area contributed by atoms with Crippen molar-refractivity contribution in [2.75, 3.05) is 0 Å². The summed E-state index contributed by atoms with van der Waals surface area (Å²) < 4.78 is 5.29. The highest BCUT2D eigenvalue weighted by Crippen LogP contribution is 2.40. The molecular weight excluding hydrogens is 188 g/mol. The lowest BCUT2D eigenvalue weighted by molar-refractivity contribution is 0.0298. The molecule has 0 saturated heterocycles. The lowest BCUT2D eigenvalue weighted by atomic mass is 9.74. The van der Waals surface area contributed by atoms with Gasteiger partial charge in [-0.2, -0.15) is 0 Å². The lowest BCUT2D eigenvalue weighted by Gasteiger charge is -2.33. The minimum Gasteiger partial charge on any atom is -0.467 e. The van der Waals surface area contributed by atoms with Crippen LogP contribution in [0.3, 0.4) is 0 Å². The second-order valence-corrected chi connectivity index (χ2v) is 4.58. The van der Waals surface area contributed by atoms with E-state index in [1.54, 1.807) is 6.26 Å². The molecule has 84 valence electrons. The molecule has 0 aliphatic heterocycles. The van der Waals surface area contributed by atoms with Crippen LogP contribution in [0, 0.1) is 11.8 Å². The fourth-order valence-electron chi connectivity index (χ4n) is 2.83. The van der Waals surface area contributed by atoms with Gasteiger partial charge < -0.3 is 9.52 Å². The van der Waals surface area contributed by atoms with Gasteiger partial charge in [0.05, 0.1) is 6.26 Å². The van der Waals surface area contributed by atoms with Crippen molar-refractivity contribution in [3.8, 4) is 0 Å². The zero-order valence-corrected chi connectivity index (χ0v) is 9.36. The van der Waals surface area contributed by atoms with Crippen molar-refractivity contribution in [1.82, 2.24) is 0 Å². The molecule has 1 heterocycles. The number of hydrogen-bond donors (Lipinski definition) is 1. The van der Waals surface area contributed by atoms with Gasteiger partial charge in [-0.1, -0.05) is 32.6 Å². The highest BCUT2D eigenvalue weighted by atomic mass is 16.4. The average Bonchev–Trinajstić information content (AvgIpc) is 2.81. The molecule has 1 aromatic rings. The second-order valence-electron chi connectivity index (χ2n) is 4.58. The molecule has 1 aliphatic rings. The fraction of sp³-hybridized carbons (Fsp3) is 0.692. The average molecular weight is 208 g/mol. The van der Waals surface area contributed by atoms with Crippen LogP contribution in [0.1, 0.15) is 50.9 Å². The van der Waals surface area contributed by atoms with Crippen molar-refractivity contribution in [3.63, 3.8) is 0 Å². The van der Waals surface area contributed by atoms with E-state index in [1.165, 1.54) is 25.7 Å². The van der Waals surface area contributed by atoms with Gasteiger partial charge in [-0.3, -0.25) is 0 Å². The molecule has 3 unspecified atom stereocenters. The molecule has 0 bridgehead atoms. The first-order valence-corrected chi connectivity index (χ1v) is 6.04. The van der Waals surface area contributed by atoms with E-state index in [9.17, 15) is 5.11 Å². The summed E-state index contributed by atoms with van der Waals surface area (Å²) in [6, 6.07) is 3.73. The Morgan fingerprint density at radius 3 is 2.93 bits per heavy atom. The smallest absolute Gasteiger partial charge is 0.132 e. The van der Waals surface area contributed by atoms with Gasteiger partial charge in [0.25, 0.3) is 0 Å². The van der Waals surface area contributed by atoms with Gasteiger partial charge in [0.15, 0.2) is 0 Å². The van der Waals surface area contributed by atoms with Crippen LogP contribution in [0.25, 0.3) is 0 Å². The summed E-state index contributed by atoms with van der Waals surface area (Å²) in [6.45, 7) is 2.22. The fourth-order valence-corrected chi connectivity index (χ4v) is 2.83. The first-order valence-electron chi connectivity index (χ1n) is 6.04. The Balaban J connectivity index is 2.07. The SMILES string of the molecule is CCC1CCCCC1C(O)c1ccco1. The third-order valence-electron chi connectivity index (χ3n) is 3.73. The summed E-state index contributed by atoms with van der Waals surface area (Å²) in [5.74, 6) is 1.80. The predicted octanol–water partition coefficient (Wildman–Crippen LogP) is 3.53. The molecule has 0 spiro atoms. The van der Waals surface area contributed by atoms with Crippen LogP contribution in [-0.2, 0) is 0 Å². The van der Waals surface area contributed by atoms with Gasteiger partial charge in [-0.05, 0) is 30.4 Å². The molecule has 2 heteroatoms. The second kappa shape index (κ2) is 4.84. The Kier molecular flexibility index (Phi) is 3.47. The largest absolute Gasteiger partial charge is 0.467 e. The van der Waals surface area contributed by atoms with E-state index in [0.717, 1.165) is 12.2 Å². The molecule has 1 aliphatic carbocycles. The van der Waals surface area contributed by atoms with Crippen molar-refractivity contribution in [3.05, 3.63) is 24.2 Å². The monoisotopic (exact) mass is 208 g/mol. The Bertz CT molecular complexity index is 279. The molecule has 2 nitrogen and oxygen atoms in total. The van der Waals surface area contributed by atoms with Gasteiger partial charge in [0, 0.05) is 0 Å². The molecular formula is C13H20O2. The molecule has 1 aromatic heterocycles. The molecule has 3 atom stereocenters. The Morgan fingerprint density at radius 2 is 2.27 bits per heavy atom. The third kappa shape index (κ3) is 2.25. The quantitative estimate of drug-likeness (QED) is 0.824. The summed E-state index contributed by atoms with van der Waals surface area (Å²) in [5.41, 5.74) is 0. The summed E-state index contributed by atoms with van der Waals surface area (Å²) in [6.07, 6.45) is 7.38. The maximum atomic E-state index is 10.2. The summed E-state index contributed by atoms with van der Waals surface area (Å²) in [7, 11) is 0. The van der Waals surface area contributed by atoms with E-state index in [1.807, 2.05) is 12.1 Å². The number of aliphatic hydroxyl groups is 1. The molecule has 15 heavy (non-hydrogen) atoms. The predicted molar refractivity (Wildman–Crippen MR) is 59.4 cm³/mol. The highest BCUT2D eigenvalue weighted by molar-refractivity contribution is 5.04. The van der Waals surface area contributed by atoms with Crippen LogP contribution >= 0.6 is 0 Å². The van der Waals surface area contributed by atoms with E-state index < -0.39 is 6.10 Å². The molecule has 0 aromatic carbocycles. The standard InChI is InChI=1S/C13H20O2/c1-2-10-6-3-4-7-11(10)13(14)12-8-5-9-15-12/h5,8-11,13-14H,2-4,6-7H2,1H3. The number of furan rings is 1. The summed E-state index contributed by atoms with van der Waals surface area (Å²) >= 11 is 0. The van der Waals surface area contributed by atoms with Crippen molar-refractivity contribution in [2.45, 2.75) is 45.1 Å². The van der Waals surface area contributed by atoms with Crippen LogP contribution in [0.15, 0.2) is 22.8 Å². The van der Waals surface area contributed by atoms with Crippen molar-refractivity contribution >= 4 is 0 Å². The first kappa shape index (κ1) is 10.7. The van der Waals surface area contributed by atoms with Crippen LogP contribution < -0.4 is 0 Å². The highest BCUT2D eigenvalue weighted by Gasteiger charge is 2.31. The minimum absolute atomic E-state index is 0.398.